The fourth-order valence-electron chi connectivity index (χ4n) is 2.83. The van der Waals surface area contributed by atoms with Crippen molar-refractivity contribution in [1.82, 2.24) is 19.5 Å². The third-order valence-corrected chi connectivity index (χ3v) is 3.90. The van der Waals surface area contributed by atoms with Gasteiger partial charge in [0.15, 0.2) is 11.6 Å². The van der Waals surface area contributed by atoms with Gasteiger partial charge < -0.3 is 14.0 Å². The Morgan fingerprint density at radius 1 is 1.16 bits per heavy atom. The summed E-state index contributed by atoms with van der Waals surface area (Å²) in [4.78, 5) is 36.9. The molecule has 3 heterocycles. The summed E-state index contributed by atoms with van der Waals surface area (Å²) in [6.45, 7) is 7.40. The van der Waals surface area contributed by atoms with Crippen molar-refractivity contribution in [1.29, 1.82) is 0 Å². The van der Waals surface area contributed by atoms with Crippen LogP contribution in [0.4, 0.5) is 0 Å². The van der Waals surface area contributed by atoms with Gasteiger partial charge in [0.05, 0.1) is 12.0 Å². The van der Waals surface area contributed by atoms with Crippen LogP contribution in [0.5, 0.6) is 0 Å². The van der Waals surface area contributed by atoms with Crippen molar-refractivity contribution >= 4 is 23.1 Å². The fourth-order valence-corrected chi connectivity index (χ4v) is 2.83. The standard InChI is InChI=1S/C16H20N4O4.CH4/c1-9-12-13(19-10(2)18-9)20(8-17-12)7-5-6-11-14(21)23-16(3,4)24-15(11)22;/h8,11H,5-7H2,1-4H3;1H4. The van der Waals surface area contributed by atoms with Crippen LogP contribution in [0.25, 0.3) is 11.2 Å². The predicted molar refractivity (Wildman–Crippen MR) is 90.5 cm³/mol. The first-order chi connectivity index (χ1) is 11.3. The topological polar surface area (TPSA) is 96.2 Å². The third-order valence-electron chi connectivity index (χ3n) is 3.90. The Kier molecular flexibility index (Phi) is 5.10. The zero-order valence-corrected chi connectivity index (χ0v) is 14.2. The average Bonchev–Trinajstić information content (AvgIpc) is 2.84. The summed E-state index contributed by atoms with van der Waals surface area (Å²) in [5, 5.41) is 0. The number of nitrogens with zero attached hydrogens (tertiary/aromatic N) is 4. The van der Waals surface area contributed by atoms with E-state index in [0.29, 0.717) is 25.2 Å². The lowest BCUT2D eigenvalue weighted by Crippen LogP contribution is -2.46. The zero-order chi connectivity index (χ0) is 17.5. The molecule has 2 aromatic heterocycles. The van der Waals surface area contributed by atoms with Gasteiger partial charge in [0.1, 0.15) is 11.3 Å². The highest BCUT2D eigenvalue weighted by Gasteiger charge is 2.42. The Hall–Kier alpha value is -2.51. The molecule has 1 aliphatic rings. The van der Waals surface area contributed by atoms with Gasteiger partial charge in [-0.25, -0.2) is 15.0 Å². The number of hydrogen-bond donors (Lipinski definition) is 0. The van der Waals surface area contributed by atoms with Crippen molar-refractivity contribution in [2.45, 2.75) is 60.3 Å². The monoisotopic (exact) mass is 348 g/mol. The van der Waals surface area contributed by atoms with E-state index in [4.69, 9.17) is 9.47 Å². The second-order valence-electron chi connectivity index (χ2n) is 6.40. The molecule has 0 aliphatic carbocycles. The highest BCUT2D eigenvalue weighted by atomic mass is 16.7. The summed E-state index contributed by atoms with van der Waals surface area (Å²) >= 11 is 0. The van der Waals surface area contributed by atoms with E-state index in [2.05, 4.69) is 15.0 Å². The van der Waals surface area contributed by atoms with E-state index < -0.39 is 23.6 Å². The van der Waals surface area contributed by atoms with Crippen LogP contribution >= 0.6 is 0 Å². The van der Waals surface area contributed by atoms with E-state index in [1.807, 2.05) is 18.4 Å². The lowest BCUT2D eigenvalue weighted by Gasteiger charge is -2.32. The van der Waals surface area contributed by atoms with Crippen LogP contribution in [0.15, 0.2) is 6.33 Å². The molecular formula is C17H24N4O4. The maximum absolute atomic E-state index is 12.0. The number of imidazole rings is 1. The number of hydrogen-bond acceptors (Lipinski definition) is 7. The molecule has 0 saturated carbocycles. The molecular weight excluding hydrogens is 324 g/mol. The van der Waals surface area contributed by atoms with E-state index in [-0.39, 0.29) is 7.43 Å². The lowest BCUT2D eigenvalue weighted by atomic mass is 10.0. The molecule has 1 saturated heterocycles. The van der Waals surface area contributed by atoms with Gasteiger partial charge >= 0.3 is 11.9 Å². The molecule has 0 bridgehead atoms. The molecule has 0 N–H and O–H groups in total. The molecule has 2 aromatic rings. The Morgan fingerprint density at radius 2 is 1.80 bits per heavy atom. The predicted octanol–water partition coefficient (Wildman–Crippen LogP) is 2.31. The summed E-state index contributed by atoms with van der Waals surface area (Å²) < 4.78 is 12.2. The number of rotatable bonds is 4. The van der Waals surface area contributed by atoms with Crippen molar-refractivity contribution < 1.29 is 19.1 Å². The Bertz CT molecular complexity index is 792. The number of esters is 2. The van der Waals surface area contributed by atoms with Crippen molar-refractivity contribution in [3.8, 4) is 0 Å². The molecule has 0 unspecified atom stereocenters. The van der Waals surface area contributed by atoms with Crippen LogP contribution < -0.4 is 0 Å². The van der Waals surface area contributed by atoms with Crippen molar-refractivity contribution in [2.75, 3.05) is 0 Å². The smallest absolute Gasteiger partial charge is 0.323 e. The lowest BCUT2D eigenvalue weighted by molar-refractivity contribution is -0.240. The summed E-state index contributed by atoms with van der Waals surface area (Å²) in [5.41, 5.74) is 2.35. The molecule has 25 heavy (non-hydrogen) atoms. The molecule has 1 fully saturated rings. The molecule has 0 spiro atoms. The first kappa shape index (κ1) is 18.8. The molecule has 0 aromatic carbocycles. The molecule has 0 atom stereocenters. The maximum atomic E-state index is 12.0. The van der Waals surface area contributed by atoms with E-state index >= 15 is 0 Å². The minimum Gasteiger partial charge on any atom is -0.422 e. The normalized spacial score (nSPS) is 17.1. The number of fused-ring (bicyclic) bond motifs is 1. The maximum Gasteiger partial charge on any atom is 0.323 e. The highest BCUT2D eigenvalue weighted by molar-refractivity contribution is 5.96. The fraction of sp³-hybridized carbons (Fsp3) is 0.588. The van der Waals surface area contributed by atoms with Crippen LogP contribution in [0, 0.1) is 19.8 Å². The van der Waals surface area contributed by atoms with Crippen LogP contribution in [-0.2, 0) is 25.6 Å². The summed E-state index contributed by atoms with van der Waals surface area (Å²) in [6, 6.07) is 0. The molecule has 8 nitrogen and oxygen atoms in total. The largest absolute Gasteiger partial charge is 0.422 e. The molecule has 136 valence electrons. The van der Waals surface area contributed by atoms with Gasteiger partial charge in [-0.3, -0.25) is 9.59 Å². The number of ether oxygens (including phenoxy) is 2. The van der Waals surface area contributed by atoms with E-state index in [9.17, 15) is 9.59 Å². The van der Waals surface area contributed by atoms with Gasteiger partial charge in [-0.2, -0.15) is 0 Å². The molecule has 3 rings (SSSR count). The number of carbonyl (C=O) groups is 2. The highest BCUT2D eigenvalue weighted by Crippen LogP contribution is 2.26. The molecule has 1 aliphatic heterocycles. The number of aromatic nitrogens is 4. The molecule has 0 amide bonds. The van der Waals surface area contributed by atoms with Gasteiger partial charge in [0.2, 0.25) is 0 Å². The minimum atomic E-state index is -1.18. The van der Waals surface area contributed by atoms with Gasteiger partial charge in [-0.05, 0) is 26.7 Å². The second kappa shape index (κ2) is 6.78. The van der Waals surface area contributed by atoms with E-state index in [0.717, 1.165) is 16.9 Å². The van der Waals surface area contributed by atoms with Gasteiger partial charge in [0.25, 0.3) is 5.79 Å². The Morgan fingerprint density at radius 3 is 2.44 bits per heavy atom. The summed E-state index contributed by atoms with van der Waals surface area (Å²) in [7, 11) is 0. The van der Waals surface area contributed by atoms with Gasteiger partial charge in [0, 0.05) is 20.4 Å². The summed E-state index contributed by atoms with van der Waals surface area (Å²) in [6.07, 6.45) is 2.66. The van der Waals surface area contributed by atoms with E-state index in [1.165, 1.54) is 0 Å². The van der Waals surface area contributed by atoms with Crippen molar-refractivity contribution in [3.05, 3.63) is 17.8 Å². The van der Waals surface area contributed by atoms with E-state index in [1.54, 1.807) is 20.2 Å². The number of aryl methyl sites for hydroxylation is 3. The Balaban J connectivity index is 0.00000225. The average molecular weight is 348 g/mol. The molecule has 0 radical (unpaired) electrons. The third kappa shape index (κ3) is 3.78. The van der Waals surface area contributed by atoms with Gasteiger partial charge in [-0.1, -0.05) is 7.43 Å². The number of carbonyl (C=O) groups excluding carboxylic acids is 2. The number of cyclic esters (lactones) is 2. The summed E-state index contributed by atoms with van der Waals surface area (Å²) in [5.74, 6) is -2.42. The van der Waals surface area contributed by atoms with Crippen molar-refractivity contribution in [3.63, 3.8) is 0 Å². The van der Waals surface area contributed by atoms with Crippen LogP contribution in [-0.4, -0.2) is 37.2 Å². The minimum absolute atomic E-state index is 0. The first-order valence-corrected chi connectivity index (χ1v) is 7.88. The molecule has 8 heteroatoms. The van der Waals surface area contributed by atoms with Gasteiger partial charge in [-0.15, -0.1) is 0 Å². The zero-order valence-electron chi connectivity index (χ0n) is 14.2. The van der Waals surface area contributed by atoms with Crippen LogP contribution in [0.3, 0.4) is 0 Å². The second-order valence-corrected chi connectivity index (χ2v) is 6.40. The van der Waals surface area contributed by atoms with Crippen LogP contribution in [0.1, 0.15) is 45.6 Å². The van der Waals surface area contributed by atoms with Crippen molar-refractivity contribution in [2.24, 2.45) is 5.92 Å². The van der Waals surface area contributed by atoms with Crippen LogP contribution in [0.2, 0.25) is 0 Å². The first-order valence-electron chi connectivity index (χ1n) is 7.88. The Labute approximate surface area is 146 Å². The quantitative estimate of drug-likeness (QED) is 0.618. The SMILES string of the molecule is C.Cc1nc(C)c2ncn(CCCC3C(=O)OC(C)(C)OC3=O)c2n1.